The van der Waals surface area contributed by atoms with Gasteiger partial charge < -0.3 is 15.0 Å². The van der Waals surface area contributed by atoms with Gasteiger partial charge in [-0.05, 0) is 38.0 Å². The van der Waals surface area contributed by atoms with Gasteiger partial charge in [-0.2, -0.15) is 0 Å². The molecule has 1 amide bonds. The van der Waals surface area contributed by atoms with Crippen LogP contribution in [0.3, 0.4) is 0 Å². The molecule has 4 nitrogen and oxygen atoms in total. The molecule has 3 aromatic rings. The van der Waals surface area contributed by atoms with Gasteiger partial charge in [0.15, 0.2) is 0 Å². The van der Waals surface area contributed by atoms with Crippen LogP contribution >= 0.6 is 0 Å². The zero-order chi connectivity index (χ0) is 17.1. The molecule has 1 heterocycles. The predicted molar refractivity (Wildman–Crippen MR) is 96.8 cm³/mol. The molecular formula is C20H22N2O2. The monoisotopic (exact) mass is 322 g/mol. The Bertz CT molecular complexity index is 860. The highest BCUT2D eigenvalue weighted by molar-refractivity contribution is 6.08. The molecule has 1 aromatic heterocycles. The summed E-state index contributed by atoms with van der Waals surface area (Å²) in [7, 11) is 0. The van der Waals surface area contributed by atoms with Crippen molar-refractivity contribution in [2.24, 2.45) is 0 Å². The zero-order valence-corrected chi connectivity index (χ0v) is 14.3. The third kappa shape index (κ3) is 3.13. The highest BCUT2D eigenvalue weighted by Crippen LogP contribution is 2.23. The van der Waals surface area contributed by atoms with Gasteiger partial charge in [-0.15, -0.1) is 0 Å². The van der Waals surface area contributed by atoms with Crippen molar-refractivity contribution >= 4 is 16.8 Å². The van der Waals surface area contributed by atoms with Crippen molar-refractivity contribution in [3.8, 4) is 5.75 Å². The third-order valence-corrected chi connectivity index (χ3v) is 4.16. The van der Waals surface area contributed by atoms with Crippen LogP contribution in [0.1, 0.15) is 27.2 Å². The Kier molecular flexibility index (Phi) is 4.56. The quantitative estimate of drug-likeness (QED) is 0.700. The van der Waals surface area contributed by atoms with E-state index in [1.54, 1.807) is 0 Å². The van der Waals surface area contributed by atoms with E-state index in [4.69, 9.17) is 4.74 Å². The van der Waals surface area contributed by atoms with E-state index in [9.17, 15) is 4.79 Å². The summed E-state index contributed by atoms with van der Waals surface area (Å²) in [6.45, 7) is 6.87. The van der Waals surface area contributed by atoms with Gasteiger partial charge in [-0.3, -0.25) is 4.79 Å². The van der Waals surface area contributed by atoms with E-state index in [1.165, 1.54) is 0 Å². The summed E-state index contributed by atoms with van der Waals surface area (Å²) in [6.07, 6.45) is 0. The highest BCUT2D eigenvalue weighted by atomic mass is 16.5. The fraction of sp³-hybridized carbons (Fsp3) is 0.250. The van der Waals surface area contributed by atoms with Crippen LogP contribution in [0.4, 0.5) is 0 Å². The van der Waals surface area contributed by atoms with E-state index >= 15 is 0 Å². The van der Waals surface area contributed by atoms with Crippen molar-refractivity contribution < 1.29 is 9.53 Å². The maximum atomic E-state index is 12.5. The Hall–Kier alpha value is -2.75. The van der Waals surface area contributed by atoms with Gasteiger partial charge in [0.05, 0.1) is 12.1 Å². The number of aromatic amines is 1. The van der Waals surface area contributed by atoms with Crippen molar-refractivity contribution in [1.29, 1.82) is 0 Å². The molecule has 0 aliphatic rings. The number of amides is 1. The highest BCUT2D eigenvalue weighted by Gasteiger charge is 2.15. The first-order valence-electron chi connectivity index (χ1n) is 8.12. The summed E-state index contributed by atoms with van der Waals surface area (Å²) in [6, 6.07) is 13.9. The third-order valence-electron chi connectivity index (χ3n) is 4.16. The lowest BCUT2D eigenvalue weighted by Gasteiger charge is -2.12. The fourth-order valence-electron chi connectivity index (χ4n) is 3.00. The SMILES string of the molecule is Cc1cccc(C)c1OCCNC(=O)c1c(C)[nH]c2ccccc12. The summed E-state index contributed by atoms with van der Waals surface area (Å²) in [4.78, 5) is 15.7. The minimum atomic E-state index is -0.0740. The van der Waals surface area contributed by atoms with Crippen molar-refractivity contribution in [2.75, 3.05) is 13.2 Å². The molecule has 0 aliphatic carbocycles. The number of aryl methyl sites for hydroxylation is 3. The van der Waals surface area contributed by atoms with E-state index < -0.39 is 0 Å². The number of carbonyl (C=O) groups is 1. The molecule has 0 aliphatic heterocycles. The topological polar surface area (TPSA) is 54.1 Å². The molecule has 0 atom stereocenters. The molecule has 3 rings (SSSR count). The first kappa shape index (κ1) is 16.1. The van der Waals surface area contributed by atoms with Gasteiger partial charge >= 0.3 is 0 Å². The van der Waals surface area contributed by atoms with Crippen molar-refractivity contribution in [3.05, 3.63) is 64.8 Å². The second-order valence-corrected chi connectivity index (χ2v) is 6.00. The van der Waals surface area contributed by atoms with Crippen LogP contribution in [0.25, 0.3) is 10.9 Å². The largest absolute Gasteiger partial charge is 0.491 e. The maximum absolute atomic E-state index is 12.5. The van der Waals surface area contributed by atoms with E-state index in [0.29, 0.717) is 18.7 Å². The number of H-pyrrole nitrogens is 1. The number of hydrogen-bond donors (Lipinski definition) is 2. The Labute approximate surface area is 141 Å². The molecule has 2 aromatic carbocycles. The molecular weight excluding hydrogens is 300 g/mol. The zero-order valence-electron chi connectivity index (χ0n) is 14.3. The summed E-state index contributed by atoms with van der Waals surface area (Å²) in [5.74, 6) is 0.824. The number of hydrogen-bond acceptors (Lipinski definition) is 2. The fourth-order valence-corrected chi connectivity index (χ4v) is 3.00. The first-order chi connectivity index (χ1) is 11.6. The van der Waals surface area contributed by atoms with Crippen LogP contribution in [0.15, 0.2) is 42.5 Å². The minimum absolute atomic E-state index is 0.0740. The molecule has 4 heteroatoms. The second-order valence-electron chi connectivity index (χ2n) is 6.00. The normalized spacial score (nSPS) is 10.8. The molecule has 0 fully saturated rings. The van der Waals surface area contributed by atoms with Gasteiger partial charge in [-0.1, -0.05) is 36.4 Å². The maximum Gasteiger partial charge on any atom is 0.253 e. The van der Waals surface area contributed by atoms with Crippen LogP contribution in [-0.2, 0) is 0 Å². The predicted octanol–water partition coefficient (Wildman–Crippen LogP) is 3.90. The Morgan fingerprint density at radius 2 is 1.75 bits per heavy atom. The Balaban J connectivity index is 1.63. The Morgan fingerprint density at radius 1 is 1.04 bits per heavy atom. The molecule has 24 heavy (non-hydrogen) atoms. The smallest absolute Gasteiger partial charge is 0.253 e. The molecule has 0 spiro atoms. The minimum Gasteiger partial charge on any atom is -0.491 e. The average molecular weight is 322 g/mol. The number of benzene rings is 2. The molecule has 2 N–H and O–H groups in total. The lowest BCUT2D eigenvalue weighted by molar-refractivity contribution is 0.0948. The molecule has 0 saturated heterocycles. The van der Waals surface area contributed by atoms with Gasteiger partial charge in [0.1, 0.15) is 12.4 Å². The molecule has 0 radical (unpaired) electrons. The molecule has 0 bridgehead atoms. The number of aromatic nitrogens is 1. The van der Waals surface area contributed by atoms with Crippen molar-refractivity contribution in [2.45, 2.75) is 20.8 Å². The van der Waals surface area contributed by atoms with E-state index in [1.807, 2.05) is 63.2 Å². The molecule has 0 saturated carbocycles. The lowest BCUT2D eigenvalue weighted by atomic mass is 10.1. The van der Waals surface area contributed by atoms with Gasteiger partial charge in [-0.25, -0.2) is 0 Å². The standard InChI is InChI=1S/C20H22N2O2/c1-13-7-6-8-14(2)19(13)24-12-11-21-20(23)18-15(3)22-17-10-5-4-9-16(17)18/h4-10,22H,11-12H2,1-3H3,(H,21,23). The molecule has 124 valence electrons. The van der Waals surface area contributed by atoms with Gasteiger partial charge in [0.25, 0.3) is 5.91 Å². The lowest BCUT2D eigenvalue weighted by Crippen LogP contribution is -2.28. The molecule has 0 unspecified atom stereocenters. The van der Waals surface area contributed by atoms with Crippen molar-refractivity contribution in [3.63, 3.8) is 0 Å². The van der Waals surface area contributed by atoms with Gasteiger partial charge in [0.2, 0.25) is 0 Å². The van der Waals surface area contributed by atoms with E-state index in [0.717, 1.165) is 33.5 Å². The number of fused-ring (bicyclic) bond motifs is 1. The summed E-state index contributed by atoms with van der Waals surface area (Å²) in [5, 5.41) is 3.89. The Morgan fingerprint density at radius 3 is 2.50 bits per heavy atom. The number of carbonyl (C=O) groups excluding carboxylic acids is 1. The van der Waals surface area contributed by atoms with E-state index in [2.05, 4.69) is 10.3 Å². The number of rotatable bonds is 5. The summed E-state index contributed by atoms with van der Waals surface area (Å²) >= 11 is 0. The van der Waals surface area contributed by atoms with Crippen LogP contribution in [-0.4, -0.2) is 24.0 Å². The van der Waals surface area contributed by atoms with Crippen LogP contribution < -0.4 is 10.1 Å². The summed E-state index contributed by atoms with van der Waals surface area (Å²) in [5.41, 5.74) is 4.77. The second kappa shape index (κ2) is 6.79. The van der Waals surface area contributed by atoms with E-state index in [-0.39, 0.29) is 5.91 Å². The summed E-state index contributed by atoms with van der Waals surface area (Å²) < 4.78 is 5.83. The average Bonchev–Trinajstić information content (AvgIpc) is 2.89. The van der Waals surface area contributed by atoms with Gasteiger partial charge in [0, 0.05) is 16.6 Å². The first-order valence-corrected chi connectivity index (χ1v) is 8.12. The number of nitrogens with one attached hydrogen (secondary N) is 2. The number of para-hydroxylation sites is 2. The number of ether oxygens (including phenoxy) is 1. The van der Waals surface area contributed by atoms with Crippen molar-refractivity contribution in [1.82, 2.24) is 10.3 Å². The van der Waals surface area contributed by atoms with Crippen LogP contribution in [0.2, 0.25) is 0 Å². The van der Waals surface area contributed by atoms with Crippen LogP contribution in [0, 0.1) is 20.8 Å². The van der Waals surface area contributed by atoms with Crippen LogP contribution in [0.5, 0.6) is 5.75 Å².